The molecule has 2 amide bonds. The number of allylic oxidation sites excluding steroid dienone is 2. The summed E-state index contributed by atoms with van der Waals surface area (Å²) in [6.45, 7) is 6.34. The molecule has 1 aromatic rings. The summed E-state index contributed by atoms with van der Waals surface area (Å²) < 4.78 is 5.41. The summed E-state index contributed by atoms with van der Waals surface area (Å²) >= 11 is 0. The van der Waals surface area contributed by atoms with E-state index in [9.17, 15) is 4.79 Å². The number of nitrogens with one attached hydrogen (secondary N) is 1. The Morgan fingerprint density at radius 3 is 2.61 bits per heavy atom. The van der Waals surface area contributed by atoms with E-state index in [-0.39, 0.29) is 17.5 Å². The van der Waals surface area contributed by atoms with Crippen molar-refractivity contribution < 1.29 is 9.53 Å². The van der Waals surface area contributed by atoms with E-state index in [1.807, 2.05) is 4.90 Å². The predicted octanol–water partition coefficient (Wildman–Crippen LogP) is 3.72. The van der Waals surface area contributed by atoms with E-state index in [0.717, 1.165) is 24.2 Å². The molecule has 1 N–H and O–H groups in total. The molecule has 5 aliphatic rings. The Morgan fingerprint density at radius 2 is 1.87 bits per heavy atom. The standard InChI is InChI=1S/C26H35N3O2/c30-25(29-11-13-31-14-12-29)27-24-17-26(23-4-2-1-3-22(23)24)7-9-28(10-8-26)18-21-16-19-5-6-20(21)15-19/h1-6,19-21,24H,7-18H2,(H,27,30). The Labute approximate surface area is 185 Å². The van der Waals surface area contributed by atoms with Crippen LogP contribution in [0.15, 0.2) is 36.4 Å². The maximum Gasteiger partial charge on any atom is 0.318 e. The third-order valence-electron chi connectivity index (χ3n) is 8.82. The molecule has 2 heterocycles. The van der Waals surface area contributed by atoms with E-state index >= 15 is 0 Å². The molecule has 3 fully saturated rings. The fraction of sp³-hybridized carbons (Fsp3) is 0.654. The van der Waals surface area contributed by atoms with Gasteiger partial charge in [0, 0.05) is 25.0 Å². The van der Waals surface area contributed by atoms with Crippen LogP contribution in [0.2, 0.25) is 0 Å². The molecule has 4 unspecified atom stereocenters. The van der Waals surface area contributed by atoms with E-state index in [4.69, 9.17) is 4.74 Å². The molecule has 4 atom stereocenters. The second-order valence-electron chi connectivity index (χ2n) is 10.5. The number of fused-ring (bicyclic) bond motifs is 4. The third-order valence-corrected chi connectivity index (χ3v) is 8.82. The van der Waals surface area contributed by atoms with Crippen LogP contribution in [0.25, 0.3) is 0 Å². The molecule has 166 valence electrons. The molecule has 5 heteroatoms. The van der Waals surface area contributed by atoms with Crippen LogP contribution >= 0.6 is 0 Å². The summed E-state index contributed by atoms with van der Waals surface area (Å²) in [4.78, 5) is 17.5. The number of likely N-dealkylation sites (tertiary alicyclic amines) is 1. The third kappa shape index (κ3) is 3.60. The highest BCUT2D eigenvalue weighted by molar-refractivity contribution is 5.75. The average Bonchev–Trinajstić information content (AvgIpc) is 3.51. The second kappa shape index (κ2) is 7.93. The minimum absolute atomic E-state index is 0.0712. The van der Waals surface area contributed by atoms with Gasteiger partial charge in [0.25, 0.3) is 0 Å². The molecular formula is C26H35N3O2. The van der Waals surface area contributed by atoms with E-state index in [2.05, 4.69) is 46.6 Å². The lowest BCUT2D eigenvalue weighted by Gasteiger charge is -2.41. The molecule has 0 aromatic heterocycles. The number of hydrogen-bond acceptors (Lipinski definition) is 3. The molecule has 1 spiro atoms. The molecule has 1 aromatic carbocycles. The number of nitrogens with zero attached hydrogens (tertiary/aromatic N) is 2. The number of carbonyl (C=O) groups excluding carboxylic acids is 1. The highest BCUT2D eigenvalue weighted by Crippen LogP contribution is 2.51. The van der Waals surface area contributed by atoms with Crippen LogP contribution in [0.3, 0.4) is 0 Å². The lowest BCUT2D eigenvalue weighted by Crippen LogP contribution is -2.47. The fourth-order valence-electron chi connectivity index (χ4n) is 7.10. The molecule has 1 saturated carbocycles. The molecule has 0 radical (unpaired) electrons. The summed E-state index contributed by atoms with van der Waals surface area (Å²) in [5.74, 6) is 2.58. The van der Waals surface area contributed by atoms with Crippen LogP contribution in [-0.2, 0) is 10.2 Å². The summed E-state index contributed by atoms with van der Waals surface area (Å²) in [5.41, 5.74) is 3.06. The topological polar surface area (TPSA) is 44.8 Å². The number of benzene rings is 1. The highest BCUT2D eigenvalue weighted by Gasteiger charge is 2.46. The molecule has 6 rings (SSSR count). The zero-order valence-electron chi connectivity index (χ0n) is 18.5. The minimum atomic E-state index is 0.0712. The van der Waals surface area contributed by atoms with Crippen molar-refractivity contribution in [2.75, 3.05) is 45.9 Å². The molecular weight excluding hydrogens is 386 g/mol. The number of morpholine rings is 1. The number of ether oxygens (including phenoxy) is 1. The van der Waals surface area contributed by atoms with Gasteiger partial charge in [0.2, 0.25) is 0 Å². The zero-order valence-corrected chi connectivity index (χ0v) is 18.5. The Hall–Kier alpha value is -1.85. The summed E-state index contributed by atoms with van der Waals surface area (Å²) in [7, 11) is 0. The first-order valence-corrected chi connectivity index (χ1v) is 12.3. The van der Waals surface area contributed by atoms with Gasteiger partial charge < -0.3 is 19.9 Å². The van der Waals surface area contributed by atoms with Crippen molar-refractivity contribution in [1.29, 1.82) is 0 Å². The Balaban J connectivity index is 1.12. The zero-order chi connectivity index (χ0) is 20.8. The normalized spacial score (nSPS) is 33.7. The first kappa shape index (κ1) is 19.8. The van der Waals surface area contributed by atoms with Crippen molar-refractivity contribution in [3.63, 3.8) is 0 Å². The van der Waals surface area contributed by atoms with E-state index in [1.165, 1.54) is 56.4 Å². The van der Waals surface area contributed by atoms with Gasteiger partial charge >= 0.3 is 6.03 Å². The largest absolute Gasteiger partial charge is 0.378 e. The van der Waals surface area contributed by atoms with Gasteiger partial charge in [-0.1, -0.05) is 36.4 Å². The van der Waals surface area contributed by atoms with Crippen molar-refractivity contribution in [2.24, 2.45) is 17.8 Å². The SMILES string of the molecule is O=C(NC1CC2(CCN(CC3CC4C=CC3C4)CC2)c2ccccc21)N1CCOCC1. The number of hydrogen-bond donors (Lipinski definition) is 1. The van der Waals surface area contributed by atoms with Gasteiger partial charge in [0.05, 0.1) is 19.3 Å². The molecule has 3 aliphatic carbocycles. The van der Waals surface area contributed by atoms with Crippen molar-refractivity contribution in [3.05, 3.63) is 47.5 Å². The summed E-state index contributed by atoms with van der Waals surface area (Å²) in [6, 6.07) is 9.08. The van der Waals surface area contributed by atoms with Crippen LogP contribution in [0.5, 0.6) is 0 Å². The van der Waals surface area contributed by atoms with Gasteiger partial charge in [-0.2, -0.15) is 0 Å². The van der Waals surface area contributed by atoms with Crippen LogP contribution < -0.4 is 5.32 Å². The van der Waals surface area contributed by atoms with Gasteiger partial charge in [-0.05, 0) is 74.1 Å². The predicted molar refractivity (Wildman–Crippen MR) is 121 cm³/mol. The Bertz CT molecular complexity index is 854. The van der Waals surface area contributed by atoms with Gasteiger partial charge in [-0.3, -0.25) is 0 Å². The number of piperidine rings is 1. The van der Waals surface area contributed by atoms with Crippen LogP contribution in [-0.4, -0.2) is 61.8 Å². The van der Waals surface area contributed by atoms with Crippen LogP contribution in [0, 0.1) is 17.8 Å². The van der Waals surface area contributed by atoms with E-state index < -0.39 is 0 Å². The van der Waals surface area contributed by atoms with Crippen molar-refractivity contribution >= 4 is 6.03 Å². The summed E-state index contributed by atoms with van der Waals surface area (Å²) in [5, 5.41) is 3.37. The molecule has 2 saturated heterocycles. The smallest absolute Gasteiger partial charge is 0.318 e. The van der Waals surface area contributed by atoms with E-state index in [0.29, 0.717) is 26.3 Å². The number of rotatable bonds is 3. The van der Waals surface area contributed by atoms with Crippen LogP contribution in [0.4, 0.5) is 4.79 Å². The number of urea groups is 1. The summed E-state index contributed by atoms with van der Waals surface area (Å²) in [6.07, 6.45) is 11.2. The first-order valence-electron chi connectivity index (χ1n) is 12.3. The quantitative estimate of drug-likeness (QED) is 0.757. The molecule has 5 nitrogen and oxygen atoms in total. The number of carbonyl (C=O) groups is 1. The monoisotopic (exact) mass is 421 g/mol. The molecule has 2 aliphatic heterocycles. The molecule has 2 bridgehead atoms. The maximum absolute atomic E-state index is 12.9. The fourth-order valence-corrected chi connectivity index (χ4v) is 7.10. The number of amides is 2. The maximum atomic E-state index is 12.9. The highest BCUT2D eigenvalue weighted by atomic mass is 16.5. The van der Waals surface area contributed by atoms with Crippen molar-refractivity contribution in [2.45, 2.75) is 43.6 Å². The van der Waals surface area contributed by atoms with Crippen LogP contribution in [0.1, 0.15) is 49.3 Å². The van der Waals surface area contributed by atoms with Crippen molar-refractivity contribution in [3.8, 4) is 0 Å². The lowest BCUT2D eigenvalue weighted by molar-refractivity contribution is 0.0521. The Kier molecular flexibility index (Phi) is 5.07. The van der Waals surface area contributed by atoms with Gasteiger partial charge in [-0.25, -0.2) is 4.79 Å². The lowest BCUT2D eigenvalue weighted by atomic mass is 9.73. The Morgan fingerprint density at radius 1 is 1.06 bits per heavy atom. The second-order valence-corrected chi connectivity index (χ2v) is 10.5. The first-order chi connectivity index (χ1) is 15.2. The van der Waals surface area contributed by atoms with Crippen molar-refractivity contribution in [1.82, 2.24) is 15.1 Å². The molecule has 31 heavy (non-hydrogen) atoms. The van der Waals surface area contributed by atoms with E-state index in [1.54, 1.807) is 0 Å². The van der Waals surface area contributed by atoms with Gasteiger partial charge in [-0.15, -0.1) is 0 Å². The van der Waals surface area contributed by atoms with Gasteiger partial charge in [0.15, 0.2) is 0 Å². The van der Waals surface area contributed by atoms with Gasteiger partial charge in [0.1, 0.15) is 0 Å². The minimum Gasteiger partial charge on any atom is -0.378 e. The average molecular weight is 422 g/mol.